The first kappa shape index (κ1) is 21.2. The average molecular weight is 478 g/mol. The van der Waals surface area contributed by atoms with E-state index < -0.39 is 9.84 Å². The van der Waals surface area contributed by atoms with E-state index >= 15 is 0 Å². The lowest BCUT2D eigenvalue weighted by Crippen LogP contribution is -2.13. The standard InChI is InChI=1S/C23H19N5O3S2/c1-13-17(12-24-28(13)2)20-11-16(15-6-4-5-7-18(15)25-20)22(29)27-23-26-19-9-8-14(33(3,30)31)10-21(19)32-23/h4-12H,1-3H3,(H,26,27,29). The molecule has 0 aliphatic heterocycles. The van der Waals surface area contributed by atoms with Gasteiger partial charge in [-0.2, -0.15) is 5.10 Å². The van der Waals surface area contributed by atoms with Gasteiger partial charge in [-0.1, -0.05) is 29.5 Å². The molecule has 0 fully saturated rings. The Morgan fingerprint density at radius 3 is 2.58 bits per heavy atom. The zero-order valence-electron chi connectivity index (χ0n) is 18.0. The second-order valence-electron chi connectivity index (χ2n) is 7.71. The summed E-state index contributed by atoms with van der Waals surface area (Å²) in [6.07, 6.45) is 2.90. The van der Waals surface area contributed by atoms with Crippen LogP contribution in [-0.2, 0) is 16.9 Å². The van der Waals surface area contributed by atoms with Gasteiger partial charge in [0.05, 0.1) is 38.1 Å². The fraction of sp³-hybridized carbons (Fsp3) is 0.130. The van der Waals surface area contributed by atoms with Crippen LogP contribution in [0.25, 0.3) is 32.4 Å². The summed E-state index contributed by atoms with van der Waals surface area (Å²) in [7, 11) is -1.47. The predicted octanol–water partition coefficient (Wildman–Crippen LogP) is 4.21. The molecule has 8 nitrogen and oxygen atoms in total. The molecule has 0 saturated heterocycles. The van der Waals surface area contributed by atoms with Crippen molar-refractivity contribution in [3.05, 3.63) is 66.0 Å². The van der Waals surface area contributed by atoms with Crippen LogP contribution in [0.2, 0.25) is 0 Å². The first-order valence-electron chi connectivity index (χ1n) is 10.0. The van der Waals surface area contributed by atoms with Crippen molar-refractivity contribution in [1.29, 1.82) is 0 Å². The lowest BCUT2D eigenvalue weighted by Gasteiger charge is -2.09. The van der Waals surface area contributed by atoms with Crippen molar-refractivity contribution in [1.82, 2.24) is 19.7 Å². The molecule has 0 aliphatic carbocycles. The molecule has 0 bridgehead atoms. The van der Waals surface area contributed by atoms with Crippen molar-refractivity contribution in [3.63, 3.8) is 0 Å². The van der Waals surface area contributed by atoms with Crippen LogP contribution in [0.1, 0.15) is 16.1 Å². The van der Waals surface area contributed by atoms with Crippen LogP contribution in [0.4, 0.5) is 5.13 Å². The summed E-state index contributed by atoms with van der Waals surface area (Å²) < 4.78 is 26.1. The summed E-state index contributed by atoms with van der Waals surface area (Å²) in [5.74, 6) is -0.321. The number of pyridine rings is 1. The zero-order chi connectivity index (χ0) is 23.3. The van der Waals surface area contributed by atoms with Crippen LogP contribution in [0.15, 0.2) is 59.6 Å². The van der Waals surface area contributed by atoms with Crippen molar-refractivity contribution in [2.45, 2.75) is 11.8 Å². The number of nitrogens with one attached hydrogen (secondary N) is 1. The molecule has 166 valence electrons. The molecule has 0 saturated carbocycles. The maximum atomic E-state index is 13.3. The highest BCUT2D eigenvalue weighted by Crippen LogP contribution is 2.30. The third-order valence-corrected chi connectivity index (χ3v) is 7.52. The van der Waals surface area contributed by atoms with Gasteiger partial charge in [0, 0.05) is 29.9 Å². The molecular formula is C23H19N5O3S2. The van der Waals surface area contributed by atoms with E-state index in [9.17, 15) is 13.2 Å². The summed E-state index contributed by atoms with van der Waals surface area (Å²) in [6.45, 7) is 1.95. The summed E-state index contributed by atoms with van der Waals surface area (Å²) in [4.78, 5) is 22.7. The smallest absolute Gasteiger partial charge is 0.258 e. The predicted molar refractivity (Wildman–Crippen MR) is 129 cm³/mol. The van der Waals surface area contributed by atoms with Crippen molar-refractivity contribution in [3.8, 4) is 11.3 Å². The maximum absolute atomic E-state index is 13.3. The number of fused-ring (bicyclic) bond motifs is 2. The van der Waals surface area contributed by atoms with Crippen LogP contribution < -0.4 is 5.32 Å². The average Bonchev–Trinajstić information content (AvgIpc) is 3.34. The minimum Gasteiger partial charge on any atom is -0.298 e. The molecule has 33 heavy (non-hydrogen) atoms. The van der Waals surface area contributed by atoms with Crippen molar-refractivity contribution >= 4 is 53.3 Å². The van der Waals surface area contributed by atoms with Crippen LogP contribution >= 0.6 is 11.3 Å². The minimum atomic E-state index is -3.33. The van der Waals surface area contributed by atoms with Gasteiger partial charge in [-0.25, -0.2) is 18.4 Å². The summed E-state index contributed by atoms with van der Waals surface area (Å²) in [5.41, 5.74) is 4.24. The number of hydrogen-bond acceptors (Lipinski definition) is 7. The Labute approximate surface area is 193 Å². The number of rotatable bonds is 4. The number of aromatic nitrogens is 4. The SMILES string of the molecule is Cc1c(-c2cc(C(=O)Nc3nc4ccc(S(C)(=O)=O)cc4s3)c3ccccc3n2)cnn1C. The number of hydrogen-bond donors (Lipinski definition) is 1. The molecule has 1 N–H and O–H groups in total. The lowest BCUT2D eigenvalue weighted by molar-refractivity contribution is 0.102. The molecule has 3 aromatic heterocycles. The summed E-state index contributed by atoms with van der Waals surface area (Å²) in [6, 6.07) is 14.0. The van der Waals surface area contributed by atoms with Crippen LogP contribution in [-0.4, -0.2) is 40.3 Å². The third-order valence-electron chi connectivity index (χ3n) is 5.48. The minimum absolute atomic E-state index is 0.216. The number of carbonyl (C=O) groups is 1. The molecule has 0 aliphatic rings. The number of nitrogens with zero attached hydrogens (tertiary/aromatic N) is 4. The monoisotopic (exact) mass is 477 g/mol. The van der Waals surface area contributed by atoms with E-state index in [0.29, 0.717) is 32.1 Å². The third kappa shape index (κ3) is 3.87. The van der Waals surface area contributed by atoms with E-state index in [2.05, 4.69) is 15.4 Å². The number of sulfone groups is 1. The Bertz CT molecular complexity index is 1670. The van der Waals surface area contributed by atoms with E-state index in [1.165, 1.54) is 17.4 Å². The molecule has 5 aromatic rings. The van der Waals surface area contributed by atoms with Gasteiger partial charge in [-0.05, 0) is 37.3 Å². The number of aryl methyl sites for hydroxylation is 1. The molecule has 0 spiro atoms. The van der Waals surface area contributed by atoms with E-state index in [4.69, 9.17) is 4.98 Å². The number of benzene rings is 2. The number of carbonyl (C=O) groups excluding carboxylic acids is 1. The van der Waals surface area contributed by atoms with Gasteiger partial charge >= 0.3 is 0 Å². The molecule has 10 heteroatoms. The Morgan fingerprint density at radius 1 is 1.06 bits per heavy atom. The Balaban J connectivity index is 1.56. The zero-order valence-corrected chi connectivity index (χ0v) is 19.7. The molecule has 0 atom stereocenters. The summed E-state index contributed by atoms with van der Waals surface area (Å²) in [5, 5.41) is 8.27. The molecule has 3 heterocycles. The Morgan fingerprint density at radius 2 is 1.85 bits per heavy atom. The number of thiazole rings is 1. The van der Waals surface area contributed by atoms with E-state index in [0.717, 1.165) is 22.9 Å². The Hall–Kier alpha value is -3.63. The molecule has 0 radical (unpaired) electrons. The second-order valence-corrected chi connectivity index (χ2v) is 10.8. The normalized spacial score (nSPS) is 11.8. The number of anilines is 1. The molecule has 0 unspecified atom stereocenters. The molecular weight excluding hydrogens is 458 g/mol. The molecule has 1 amide bonds. The first-order valence-corrected chi connectivity index (χ1v) is 12.7. The first-order chi connectivity index (χ1) is 15.7. The van der Waals surface area contributed by atoms with Gasteiger partial charge in [0.1, 0.15) is 0 Å². The van der Waals surface area contributed by atoms with Gasteiger partial charge in [0.25, 0.3) is 5.91 Å². The van der Waals surface area contributed by atoms with E-state index in [1.54, 1.807) is 29.1 Å². The topological polar surface area (TPSA) is 107 Å². The number of para-hydroxylation sites is 1. The largest absolute Gasteiger partial charge is 0.298 e. The second kappa shape index (κ2) is 7.75. The maximum Gasteiger partial charge on any atom is 0.258 e. The van der Waals surface area contributed by atoms with E-state index in [1.807, 2.05) is 38.2 Å². The van der Waals surface area contributed by atoms with Gasteiger partial charge < -0.3 is 0 Å². The van der Waals surface area contributed by atoms with Gasteiger partial charge in [0.2, 0.25) is 0 Å². The fourth-order valence-corrected chi connectivity index (χ4v) is 5.23. The highest BCUT2D eigenvalue weighted by atomic mass is 32.2. The van der Waals surface area contributed by atoms with Crippen molar-refractivity contribution < 1.29 is 13.2 Å². The van der Waals surface area contributed by atoms with Gasteiger partial charge in [-0.3, -0.25) is 14.8 Å². The summed E-state index contributed by atoms with van der Waals surface area (Å²) >= 11 is 1.23. The van der Waals surface area contributed by atoms with Crippen molar-refractivity contribution in [2.75, 3.05) is 11.6 Å². The van der Waals surface area contributed by atoms with E-state index in [-0.39, 0.29) is 10.8 Å². The fourth-order valence-electron chi connectivity index (χ4n) is 3.60. The highest BCUT2D eigenvalue weighted by molar-refractivity contribution is 7.90. The van der Waals surface area contributed by atoms with Gasteiger partial charge in [-0.15, -0.1) is 0 Å². The van der Waals surface area contributed by atoms with Crippen molar-refractivity contribution in [2.24, 2.45) is 7.05 Å². The molecule has 5 rings (SSSR count). The van der Waals surface area contributed by atoms with Crippen LogP contribution in [0.3, 0.4) is 0 Å². The highest BCUT2D eigenvalue weighted by Gasteiger charge is 2.18. The van der Waals surface area contributed by atoms with Crippen LogP contribution in [0.5, 0.6) is 0 Å². The quantitative estimate of drug-likeness (QED) is 0.416. The number of amides is 1. The molecule has 2 aromatic carbocycles. The van der Waals surface area contributed by atoms with Crippen LogP contribution in [0, 0.1) is 6.92 Å². The Kier molecular flexibility index (Phi) is 4.98. The lowest BCUT2D eigenvalue weighted by atomic mass is 10.0. The van der Waals surface area contributed by atoms with Gasteiger partial charge in [0.15, 0.2) is 15.0 Å².